The highest BCUT2D eigenvalue weighted by molar-refractivity contribution is 7.98. The second kappa shape index (κ2) is 8.60. The Morgan fingerprint density at radius 2 is 1.76 bits per heavy atom. The van der Waals surface area contributed by atoms with Gasteiger partial charge in [-0.05, 0) is 25.3 Å². The smallest absolute Gasteiger partial charge is 0.343 e. The number of thioether (sulfide) groups is 1. The number of hydrogen-bond donors (Lipinski definition) is 0. The van der Waals surface area contributed by atoms with Crippen molar-refractivity contribution >= 4 is 40.4 Å². The molecule has 0 bridgehead atoms. The van der Waals surface area contributed by atoms with Crippen LogP contribution in [0.1, 0.15) is 17.3 Å². The van der Waals surface area contributed by atoms with E-state index in [9.17, 15) is 4.79 Å². The van der Waals surface area contributed by atoms with Crippen LogP contribution >= 0.6 is 11.8 Å². The Balaban J connectivity index is 1.53. The maximum atomic E-state index is 12.4. The van der Waals surface area contributed by atoms with Crippen LogP contribution in [0.5, 0.6) is 0 Å². The second-order valence-electron chi connectivity index (χ2n) is 6.51. The number of hydrogen-bond acceptors (Lipinski definition) is 9. The minimum Gasteiger partial charge on any atom is -0.462 e. The number of carbonyl (C=O) groups excluding carboxylic acids is 1. The number of carbonyl (C=O) groups is 1. The van der Waals surface area contributed by atoms with Crippen LogP contribution in [-0.2, 0) is 4.74 Å². The number of aromatic nitrogens is 4. The van der Waals surface area contributed by atoms with Gasteiger partial charge in [-0.2, -0.15) is 0 Å². The first-order chi connectivity index (χ1) is 14.2. The van der Waals surface area contributed by atoms with Gasteiger partial charge in [0.2, 0.25) is 0 Å². The molecule has 0 unspecified atom stereocenters. The van der Waals surface area contributed by atoms with Crippen molar-refractivity contribution in [3.05, 3.63) is 42.2 Å². The molecule has 0 saturated carbocycles. The number of ether oxygens (including phenoxy) is 1. The van der Waals surface area contributed by atoms with Crippen molar-refractivity contribution in [2.75, 3.05) is 48.8 Å². The van der Waals surface area contributed by atoms with E-state index in [4.69, 9.17) is 9.72 Å². The Morgan fingerprint density at radius 1 is 1.03 bits per heavy atom. The molecule has 0 radical (unpaired) electrons. The number of esters is 1. The lowest BCUT2D eigenvalue weighted by Gasteiger charge is -2.36. The first-order valence-corrected chi connectivity index (χ1v) is 10.7. The molecule has 0 aliphatic carbocycles. The van der Waals surface area contributed by atoms with Crippen LogP contribution in [0, 0.1) is 0 Å². The van der Waals surface area contributed by atoms with Crippen molar-refractivity contribution < 1.29 is 9.53 Å². The molecule has 1 aromatic carbocycles. The van der Waals surface area contributed by atoms with Crippen molar-refractivity contribution in [1.82, 2.24) is 19.9 Å². The van der Waals surface area contributed by atoms with Gasteiger partial charge >= 0.3 is 5.97 Å². The van der Waals surface area contributed by atoms with Crippen LogP contribution in [0.2, 0.25) is 0 Å². The molecule has 9 heteroatoms. The van der Waals surface area contributed by atoms with E-state index in [0.717, 1.165) is 29.9 Å². The van der Waals surface area contributed by atoms with Gasteiger partial charge in [-0.15, -0.1) is 0 Å². The maximum absolute atomic E-state index is 12.4. The number of piperazine rings is 1. The predicted octanol–water partition coefficient (Wildman–Crippen LogP) is 2.65. The van der Waals surface area contributed by atoms with Gasteiger partial charge in [0.25, 0.3) is 0 Å². The van der Waals surface area contributed by atoms with E-state index in [-0.39, 0.29) is 0 Å². The van der Waals surface area contributed by atoms with Crippen LogP contribution in [0.15, 0.2) is 41.8 Å². The molecule has 4 rings (SSSR count). The second-order valence-corrected chi connectivity index (χ2v) is 7.28. The summed E-state index contributed by atoms with van der Waals surface area (Å²) in [5, 5.41) is 0.635. The van der Waals surface area contributed by atoms with E-state index in [1.807, 2.05) is 36.7 Å². The molecule has 1 aliphatic heterocycles. The van der Waals surface area contributed by atoms with Crippen molar-refractivity contribution in [3.63, 3.8) is 0 Å². The van der Waals surface area contributed by atoms with Crippen LogP contribution in [0.4, 0.5) is 11.6 Å². The minimum atomic E-state index is -0.391. The summed E-state index contributed by atoms with van der Waals surface area (Å²) in [5.74, 6) is 1.10. The summed E-state index contributed by atoms with van der Waals surface area (Å²) in [7, 11) is 0. The van der Waals surface area contributed by atoms with Crippen LogP contribution in [0.25, 0.3) is 11.0 Å². The number of benzene rings is 1. The van der Waals surface area contributed by atoms with Gasteiger partial charge in [0.15, 0.2) is 5.16 Å². The average Bonchev–Trinajstić information content (AvgIpc) is 2.78. The number of nitrogens with zero attached hydrogens (tertiary/aromatic N) is 6. The highest BCUT2D eigenvalue weighted by atomic mass is 32.2. The fraction of sp³-hybridized carbons (Fsp3) is 0.350. The molecule has 0 atom stereocenters. The lowest BCUT2D eigenvalue weighted by Crippen LogP contribution is -2.47. The average molecular weight is 411 g/mol. The summed E-state index contributed by atoms with van der Waals surface area (Å²) in [6.07, 6.45) is 5.30. The van der Waals surface area contributed by atoms with Crippen LogP contribution in [0.3, 0.4) is 0 Å². The Labute approximate surface area is 173 Å². The number of para-hydroxylation sites is 2. The molecule has 0 N–H and O–H groups in total. The minimum absolute atomic E-state index is 0.316. The van der Waals surface area contributed by atoms with Crippen molar-refractivity contribution in [2.45, 2.75) is 12.1 Å². The fourth-order valence-electron chi connectivity index (χ4n) is 3.30. The zero-order valence-corrected chi connectivity index (χ0v) is 17.2. The lowest BCUT2D eigenvalue weighted by atomic mass is 10.2. The maximum Gasteiger partial charge on any atom is 0.343 e. The van der Waals surface area contributed by atoms with Gasteiger partial charge in [-0.3, -0.25) is 4.98 Å². The Bertz CT molecular complexity index is 1020. The normalized spacial score (nSPS) is 14.3. The fourth-order valence-corrected chi connectivity index (χ4v) is 3.63. The number of fused-ring (bicyclic) bond motifs is 1. The third kappa shape index (κ3) is 4.09. The quantitative estimate of drug-likeness (QED) is 0.358. The van der Waals surface area contributed by atoms with E-state index in [0.29, 0.717) is 36.2 Å². The molecule has 1 saturated heterocycles. The molecule has 150 valence electrons. The summed E-state index contributed by atoms with van der Waals surface area (Å²) >= 11 is 1.45. The number of rotatable bonds is 5. The van der Waals surface area contributed by atoms with Crippen molar-refractivity contribution in [3.8, 4) is 0 Å². The first-order valence-electron chi connectivity index (χ1n) is 9.49. The van der Waals surface area contributed by atoms with Crippen LogP contribution < -0.4 is 9.80 Å². The molecule has 29 heavy (non-hydrogen) atoms. The molecule has 2 aromatic heterocycles. The largest absolute Gasteiger partial charge is 0.462 e. The summed E-state index contributed by atoms with van der Waals surface area (Å²) in [5.41, 5.74) is 2.18. The van der Waals surface area contributed by atoms with Crippen molar-refractivity contribution in [1.29, 1.82) is 0 Å². The third-order valence-electron chi connectivity index (χ3n) is 4.76. The molecule has 0 amide bonds. The number of anilines is 2. The molecular formula is C20H22N6O2S. The highest BCUT2D eigenvalue weighted by Crippen LogP contribution is 2.24. The van der Waals surface area contributed by atoms with Gasteiger partial charge in [0, 0.05) is 32.4 Å². The molecule has 3 heterocycles. The van der Waals surface area contributed by atoms with Gasteiger partial charge < -0.3 is 14.5 Å². The Hall–Kier alpha value is -2.94. The molecule has 3 aromatic rings. The summed E-state index contributed by atoms with van der Waals surface area (Å²) < 4.78 is 5.18. The van der Waals surface area contributed by atoms with Gasteiger partial charge in [0.1, 0.15) is 17.2 Å². The van der Waals surface area contributed by atoms with E-state index in [1.54, 1.807) is 13.1 Å². The molecule has 1 fully saturated rings. The first kappa shape index (κ1) is 19.4. The molecular weight excluding hydrogens is 388 g/mol. The van der Waals surface area contributed by atoms with E-state index < -0.39 is 5.97 Å². The topological polar surface area (TPSA) is 84.3 Å². The summed E-state index contributed by atoms with van der Waals surface area (Å²) in [6.45, 7) is 5.05. The van der Waals surface area contributed by atoms with E-state index in [2.05, 4.69) is 24.8 Å². The SMILES string of the molecule is CCOC(=O)c1cnc(SC)nc1N1CCN(c2cnc3ccccc3n2)CC1. The summed E-state index contributed by atoms with van der Waals surface area (Å²) in [6, 6.07) is 7.85. The molecule has 8 nitrogen and oxygen atoms in total. The van der Waals surface area contributed by atoms with Crippen LogP contribution in [-0.4, -0.2) is 64.9 Å². The monoisotopic (exact) mass is 410 g/mol. The zero-order valence-electron chi connectivity index (χ0n) is 16.4. The van der Waals surface area contributed by atoms with Gasteiger partial charge in [-0.25, -0.2) is 19.7 Å². The highest BCUT2D eigenvalue weighted by Gasteiger charge is 2.25. The van der Waals surface area contributed by atoms with E-state index >= 15 is 0 Å². The van der Waals surface area contributed by atoms with E-state index in [1.165, 1.54) is 11.8 Å². The lowest BCUT2D eigenvalue weighted by molar-refractivity contribution is 0.0526. The Morgan fingerprint density at radius 3 is 2.48 bits per heavy atom. The summed E-state index contributed by atoms with van der Waals surface area (Å²) in [4.78, 5) is 34.7. The standard InChI is InChI=1S/C20H22N6O2S/c1-3-28-19(27)14-12-22-20(29-2)24-18(14)26-10-8-25(9-11-26)17-13-21-15-6-4-5-7-16(15)23-17/h4-7,12-13H,3,8-11H2,1-2H3. The van der Waals surface area contributed by atoms with Gasteiger partial charge in [-0.1, -0.05) is 23.9 Å². The molecule has 0 spiro atoms. The zero-order chi connectivity index (χ0) is 20.2. The molecule has 1 aliphatic rings. The third-order valence-corrected chi connectivity index (χ3v) is 5.33. The van der Waals surface area contributed by atoms with Crippen molar-refractivity contribution in [2.24, 2.45) is 0 Å². The Kier molecular flexibility index (Phi) is 5.75. The van der Waals surface area contributed by atoms with Gasteiger partial charge in [0.05, 0.1) is 23.8 Å². The predicted molar refractivity (Wildman–Crippen MR) is 114 cm³/mol.